The van der Waals surface area contributed by atoms with Crippen LogP contribution < -0.4 is 5.73 Å². The fourth-order valence-corrected chi connectivity index (χ4v) is 4.78. The van der Waals surface area contributed by atoms with Crippen molar-refractivity contribution in [3.05, 3.63) is 52.2 Å². The summed E-state index contributed by atoms with van der Waals surface area (Å²) in [4.78, 5) is 30.2. The smallest absolute Gasteiger partial charge is 0.361 e. The third kappa shape index (κ3) is 4.12. The molecule has 3 atom stereocenters. The monoisotopic (exact) mass is 431 g/mol. The molecule has 2 aliphatic heterocycles. The van der Waals surface area contributed by atoms with E-state index in [-0.39, 0.29) is 17.6 Å². The lowest BCUT2D eigenvalue weighted by Gasteiger charge is -2.44. The van der Waals surface area contributed by atoms with Crippen LogP contribution >= 0.6 is 11.8 Å². The number of benzene rings is 1. The zero-order chi connectivity index (χ0) is 22.0. The van der Waals surface area contributed by atoms with Gasteiger partial charge in [-0.05, 0) is 13.8 Å². The number of β-lactam (4-membered cyclic amide) rings is 1. The van der Waals surface area contributed by atoms with E-state index in [1.807, 2.05) is 56.3 Å². The van der Waals surface area contributed by atoms with Crippen molar-refractivity contribution in [2.45, 2.75) is 32.4 Å². The van der Waals surface area contributed by atoms with Gasteiger partial charge >= 0.3 is 5.97 Å². The fourth-order valence-electron chi connectivity index (χ4n) is 3.81. The molecule has 0 radical (unpaired) electrons. The van der Waals surface area contributed by atoms with Crippen molar-refractivity contribution in [3.8, 4) is 0 Å². The molecule has 3 N–H and O–H groups in total. The van der Waals surface area contributed by atoms with Crippen LogP contribution in [-0.2, 0) is 14.3 Å². The summed E-state index contributed by atoms with van der Waals surface area (Å²) in [6.07, 6.45) is -0.223. The molecule has 30 heavy (non-hydrogen) atoms. The average molecular weight is 432 g/mol. The van der Waals surface area contributed by atoms with E-state index >= 15 is 0 Å². The molecule has 0 aromatic heterocycles. The highest BCUT2D eigenvalue weighted by Gasteiger charge is 2.57. The number of carbonyl (C=O) groups is 2. The molecule has 0 saturated carbocycles. The summed E-state index contributed by atoms with van der Waals surface area (Å²) < 4.78 is 5.89. The number of thioether (sulfide) groups is 1. The van der Waals surface area contributed by atoms with Gasteiger partial charge in [0.2, 0.25) is 5.91 Å². The third-order valence-corrected chi connectivity index (χ3v) is 6.65. The molecule has 2 aliphatic rings. The summed E-state index contributed by atoms with van der Waals surface area (Å²) in [6.45, 7) is 3.95. The molecule has 162 valence electrons. The molecule has 7 nitrogen and oxygen atoms in total. The lowest BCUT2D eigenvalue weighted by atomic mass is 9.83. The molecule has 0 bridgehead atoms. The standard InChI is InChI=1S/C22H29N3O4S/c1-13(24(3)4)20(15-8-6-5-7-9-15)29-22(28)19-17(30-11-10-23)12-16-18(14(2)26)21(27)25(16)19/h5-9,14,16,18,26H,10-12,23H2,1-4H3/b20-13+/t14-,16-,18-/m1/s1. The second-order valence-electron chi connectivity index (χ2n) is 7.72. The number of nitrogens with two attached hydrogens (primary N) is 1. The van der Waals surface area contributed by atoms with Crippen LogP contribution in [0.2, 0.25) is 0 Å². The number of allylic oxidation sites excluding steroid dienone is 1. The largest absolute Gasteiger partial charge is 0.419 e. The number of hydrogen-bond acceptors (Lipinski definition) is 7. The van der Waals surface area contributed by atoms with E-state index < -0.39 is 18.0 Å². The number of esters is 1. The van der Waals surface area contributed by atoms with Gasteiger partial charge < -0.3 is 25.4 Å². The number of rotatable bonds is 8. The van der Waals surface area contributed by atoms with Gasteiger partial charge in [-0.1, -0.05) is 30.3 Å². The number of nitrogens with zero attached hydrogens (tertiary/aromatic N) is 2. The van der Waals surface area contributed by atoms with Crippen LogP contribution in [0.3, 0.4) is 0 Å². The van der Waals surface area contributed by atoms with Crippen molar-refractivity contribution in [2.75, 3.05) is 26.4 Å². The maximum Gasteiger partial charge on any atom is 0.361 e. The summed E-state index contributed by atoms with van der Waals surface area (Å²) in [5.41, 5.74) is 7.50. The third-order valence-electron chi connectivity index (χ3n) is 5.51. The Hall–Kier alpha value is -2.29. The predicted molar refractivity (Wildman–Crippen MR) is 118 cm³/mol. The lowest BCUT2D eigenvalue weighted by molar-refractivity contribution is -0.161. The zero-order valence-electron chi connectivity index (χ0n) is 17.8. The number of aliphatic hydroxyl groups is 1. The van der Waals surface area contributed by atoms with E-state index in [1.165, 1.54) is 16.7 Å². The zero-order valence-corrected chi connectivity index (χ0v) is 18.6. The summed E-state index contributed by atoms with van der Waals surface area (Å²) in [5, 5.41) is 9.98. The van der Waals surface area contributed by atoms with Crippen LogP contribution in [0.4, 0.5) is 0 Å². The normalized spacial score (nSPS) is 22.3. The van der Waals surface area contributed by atoms with E-state index in [1.54, 1.807) is 6.92 Å². The molecule has 8 heteroatoms. The second kappa shape index (κ2) is 9.24. The van der Waals surface area contributed by atoms with E-state index in [0.717, 1.165) is 16.2 Å². The molecule has 1 fully saturated rings. The molecule has 0 unspecified atom stereocenters. The Morgan fingerprint density at radius 2 is 2.03 bits per heavy atom. The van der Waals surface area contributed by atoms with E-state index in [9.17, 15) is 14.7 Å². The molecule has 0 aliphatic carbocycles. The molecule has 2 heterocycles. The van der Waals surface area contributed by atoms with Crippen molar-refractivity contribution in [1.29, 1.82) is 0 Å². The molecular weight excluding hydrogens is 402 g/mol. The summed E-state index contributed by atoms with van der Waals surface area (Å²) in [5.74, 6) is -0.200. The molecule has 1 saturated heterocycles. The van der Waals surface area contributed by atoms with Gasteiger partial charge in [0.05, 0.1) is 23.8 Å². The quantitative estimate of drug-likeness (QED) is 0.369. The molecule has 1 amide bonds. The van der Waals surface area contributed by atoms with Crippen molar-refractivity contribution in [3.63, 3.8) is 0 Å². The van der Waals surface area contributed by atoms with Gasteiger partial charge in [0.25, 0.3) is 0 Å². The molecule has 1 aromatic rings. The summed E-state index contributed by atoms with van der Waals surface area (Å²) in [6, 6.07) is 9.21. The van der Waals surface area contributed by atoms with Gasteiger partial charge in [0.1, 0.15) is 5.70 Å². The molecule has 3 rings (SSSR count). The van der Waals surface area contributed by atoms with E-state index in [2.05, 4.69) is 0 Å². The first-order chi connectivity index (χ1) is 14.3. The minimum Gasteiger partial charge on any atom is -0.419 e. The summed E-state index contributed by atoms with van der Waals surface area (Å²) >= 11 is 1.47. The van der Waals surface area contributed by atoms with Crippen molar-refractivity contribution >= 4 is 29.4 Å². The lowest BCUT2D eigenvalue weighted by Crippen LogP contribution is -2.61. The van der Waals surface area contributed by atoms with Gasteiger partial charge in [0, 0.05) is 43.3 Å². The molecular formula is C22H29N3O4S. The van der Waals surface area contributed by atoms with Gasteiger partial charge in [-0.3, -0.25) is 4.79 Å². The van der Waals surface area contributed by atoms with Gasteiger partial charge in [0.15, 0.2) is 5.76 Å². The van der Waals surface area contributed by atoms with Crippen molar-refractivity contribution < 1.29 is 19.4 Å². The highest BCUT2D eigenvalue weighted by molar-refractivity contribution is 8.03. The Labute approximate surface area is 181 Å². The number of fused-ring (bicyclic) bond motifs is 1. The van der Waals surface area contributed by atoms with Crippen molar-refractivity contribution in [1.82, 2.24) is 9.80 Å². The second-order valence-corrected chi connectivity index (χ2v) is 8.91. The van der Waals surface area contributed by atoms with E-state index in [4.69, 9.17) is 10.5 Å². The Morgan fingerprint density at radius 1 is 1.37 bits per heavy atom. The first kappa shape index (κ1) is 22.4. The fraction of sp³-hybridized carbons (Fsp3) is 0.455. The highest BCUT2D eigenvalue weighted by atomic mass is 32.2. The summed E-state index contributed by atoms with van der Waals surface area (Å²) in [7, 11) is 3.76. The van der Waals surface area contributed by atoms with Crippen LogP contribution in [-0.4, -0.2) is 65.3 Å². The Bertz CT molecular complexity index is 880. The molecule has 0 spiro atoms. The number of amides is 1. The molecule has 1 aromatic carbocycles. The minimum absolute atomic E-state index is 0.209. The number of aliphatic hydroxyl groups excluding tert-OH is 1. The maximum absolute atomic E-state index is 13.3. The maximum atomic E-state index is 13.3. The van der Waals surface area contributed by atoms with Crippen LogP contribution in [0, 0.1) is 5.92 Å². The van der Waals surface area contributed by atoms with Crippen LogP contribution in [0.25, 0.3) is 5.76 Å². The highest BCUT2D eigenvalue weighted by Crippen LogP contribution is 2.47. The van der Waals surface area contributed by atoms with Crippen molar-refractivity contribution in [2.24, 2.45) is 11.7 Å². The van der Waals surface area contributed by atoms with Crippen LogP contribution in [0.5, 0.6) is 0 Å². The van der Waals surface area contributed by atoms with Crippen LogP contribution in [0.1, 0.15) is 25.8 Å². The Balaban J connectivity index is 1.94. The average Bonchev–Trinajstić information content (AvgIpc) is 3.04. The van der Waals surface area contributed by atoms with Gasteiger partial charge in [-0.2, -0.15) is 0 Å². The number of ether oxygens (including phenoxy) is 1. The topological polar surface area (TPSA) is 96.1 Å². The first-order valence-corrected chi connectivity index (χ1v) is 11.0. The first-order valence-electron chi connectivity index (χ1n) is 10.0. The SMILES string of the molecule is C/C(=C(\OC(=O)C1=C(SCCN)C[C@@H]2[C@@H]([C@@H](C)O)C(=O)N12)c1ccccc1)N(C)C. The number of hydrogen-bond donors (Lipinski definition) is 2. The van der Waals surface area contributed by atoms with E-state index in [0.29, 0.717) is 24.5 Å². The van der Waals surface area contributed by atoms with Crippen LogP contribution in [0.15, 0.2) is 46.6 Å². The Morgan fingerprint density at radius 3 is 2.60 bits per heavy atom. The minimum atomic E-state index is -0.759. The predicted octanol–water partition coefficient (Wildman–Crippen LogP) is 1.99. The van der Waals surface area contributed by atoms with Gasteiger partial charge in [-0.25, -0.2) is 4.79 Å². The number of carbonyl (C=O) groups excluding carboxylic acids is 2. The van der Waals surface area contributed by atoms with Gasteiger partial charge in [-0.15, -0.1) is 11.8 Å². The Kier molecular flexibility index (Phi) is 6.90.